The molecule has 198 valence electrons. The Morgan fingerprint density at radius 2 is 1.65 bits per heavy atom. The zero-order chi connectivity index (χ0) is 26.5. The number of para-hydroxylation sites is 1. The van der Waals surface area contributed by atoms with Crippen LogP contribution in [0, 0.1) is 19.8 Å². The second-order valence-electron chi connectivity index (χ2n) is 9.28. The van der Waals surface area contributed by atoms with Crippen LogP contribution in [0.15, 0.2) is 36.7 Å². The molecule has 0 spiro atoms. The first-order valence-electron chi connectivity index (χ1n) is 12.4. The van der Waals surface area contributed by atoms with E-state index in [0.29, 0.717) is 23.2 Å². The quantitative estimate of drug-likeness (QED) is 0.352. The van der Waals surface area contributed by atoms with Crippen molar-refractivity contribution in [3.63, 3.8) is 0 Å². The Hall–Kier alpha value is -3.79. The minimum Gasteiger partial charge on any atom is -0.494 e. The summed E-state index contributed by atoms with van der Waals surface area (Å²) in [5.41, 5.74) is 3.91. The van der Waals surface area contributed by atoms with Gasteiger partial charge < -0.3 is 14.2 Å². The van der Waals surface area contributed by atoms with Crippen molar-refractivity contribution in [3.05, 3.63) is 59.6 Å². The fraction of sp³-hybridized carbons (Fsp3) is 0.444. The van der Waals surface area contributed by atoms with Gasteiger partial charge in [0.1, 0.15) is 34.8 Å². The predicted molar refractivity (Wildman–Crippen MR) is 142 cm³/mol. The van der Waals surface area contributed by atoms with Crippen LogP contribution in [0.4, 0.5) is 0 Å². The van der Waals surface area contributed by atoms with E-state index in [1.54, 1.807) is 21.3 Å². The summed E-state index contributed by atoms with van der Waals surface area (Å²) in [4.78, 5) is 8.47. The van der Waals surface area contributed by atoms with E-state index < -0.39 is 0 Å². The van der Waals surface area contributed by atoms with E-state index in [1.807, 2.05) is 53.7 Å². The van der Waals surface area contributed by atoms with Crippen molar-refractivity contribution in [2.45, 2.75) is 53.2 Å². The van der Waals surface area contributed by atoms with Crippen molar-refractivity contribution in [2.75, 3.05) is 21.3 Å². The van der Waals surface area contributed by atoms with Gasteiger partial charge in [-0.2, -0.15) is 5.10 Å². The first-order chi connectivity index (χ1) is 17.9. The molecule has 0 aliphatic carbocycles. The Bertz CT molecular complexity index is 1290. The molecular formula is C27H37N7O3. The number of ether oxygens (including phenoxy) is 3. The molecule has 0 bridgehead atoms. The number of hydrogen-bond acceptors (Lipinski definition) is 8. The molecule has 1 aliphatic rings. The summed E-state index contributed by atoms with van der Waals surface area (Å²) in [6, 6.07) is 7.78. The van der Waals surface area contributed by atoms with Crippen LogP contribution in [0.2, 0.25) is 0 Å². The van der Waals surface area contributed by atoms with Crippen LogP contribution in [-0.2, 0) is 17.7 Å². The smallest absolute Gasteiger partial charge is 0.189 e. The molecule has 4 aromatic rings. The van der Waals surface area contributed by atoms with Crippen LogP contribution in [0.25, 0.3) is 17.2 Å². The predicted octanol–water partition coefficient (Wildman–Crippen LogP) is 4.78. The monoisotopic (exact) mass is 507 g/mol. The maximum atomic E-state index is 5.54. The second kappa shape index (κ2) is 11.5. The molecule has 0 saturated heterocycles. The average molecular weight is 508 g/mol. The summed E-state index contributed by atoms with van der Waals surface area (Å²) in [6.07, 6.45) is 5.83. The van der Waals surface area contributed by atoms with Crippen LogP contribution in [-0.4, -0.2) is 55.8 Å². The third kappa shape index (κ3) is 5.48. The standard InChI is InChI=1S/C17H19N5O2.C10H16N2O.H2/c1-11-18-19-17(13-10-12-6-5-9-21(12)20-13)22(11)16-14(23-2)7-4-8-15(16)24-3;1-7(2)9(13-4)10-11-5-8(3)6-12-10;/h4,7-8,10H,5-6,9H2,1-3H3;5-7,9H,1-4H3;1H/t;9-;/m.0./s1. The number of methoxy groups -OCH3 is 3. The number of rotatable bonds is 7. The molecule has 1 aromatic carbocycles. The number of aryl methyl sites for hydroxylation is 4. The van der Waals surface area contributed by atoms with Crippen molar-refractivity contribution in [2.24, 2.45) is 5.92 Å². The number of nitrogens with zero attached hydrogens (tertiary/aromatic N) is 7. The van der Waals surface area contributed by atoms with Crippen LogP contribution in [0.3, 0.4) is 0 Å². The van der Waals surface area contributed by atoms with Gasteiger partial charge >= 0.3 is 0 Å². The van der Waals surface area contributed by atoms with E-state index in [2.05, 4.69) is 45.2 Å². The lowest BCUT2D eigenvalue weighted by molar-refractivity contribution is 0.0574. The van der Waals surface area contributed by atoms with Crippen molar-refractivity contribution in [3.8, 4) is 28.7 Å². The fourth-order valence-corrected chi connectivity index (χ4v) is 4.44. The highest BCUT2D eigenvalue weighted by atomic mass is 16.5. The molecule has 1 atom stereocenters. The molecule has 4 heterocycles. The highest BCUT2D eigenvalue weighted by Crippen LogP contribution is 2.36. The number of fused-ring (bicyclic) bond motifs is 1. The molecule has 0 saturated carbocycles. The Morgan fingerprint density at radius 3 is 2.22 bits per heavy atom. The van der Waals surface area contributed by atoms with Gasteiger partial charge in [-0.1, -0.05) is 19.9 Å². The molecule has 3 aromatic heterocycles. The molecule has 0 fully saturated rings. The minimum absolute atomic E-state index is 0. The van der Waals surface area contributed by atoms with Crippen LogP contribution in [0.5, 0.6) is 11.5 Å². The summed E-state index contributed by atoms with van der Waals surface area (Å²) in [5, 5.41) is 13.3. The number of benzene rings is 1. The van der Waals surface area contributed by atoms with E-state index in [4.69, 9.17) is 14.2 Å². The largest absolute Gasteiger partial charge is 0.494 e. The molecule has 0 N–H and O–H groups in total. The summed E-state index contributed by atoms with van der Waals surface area (Å²) >= 11 is 0. The molecule has 0 amide bonds. The second-order valence-corrected chi connectivity index (χ2v) is 9.28. The highest BCUT2D eigenvalue weighted by molar-refractivity contribution is 5.63. The third-order valence-corrected chi connectivity index (χ3v) is 6.26. The van der Waals surface area contributed by atoms with Gasteiger partial charge in [-0.25, -0.2) is 9.97 Å². The topological polar surface area (TPSA) is 102 Å². The van der Waals surface area contributed by atoms with Gasteiger partial charge in [-0.3, -0.25) is 9.25 Å². The molecule has 0 radical (unpaired) electrons. The maximum absolute atomic E-state index is 5.54. The first-order valence-corrected chi connectivity index (χ1v) is 12.4. The zero-order valence-corrected chi connectivity index (χ0v) is 22.6. The van der Waals surface area contributed by atoms with Crippen molar-refractivity contribution in [1.29, 1.82) is 0 Å². The average Bonchev–Trinajstić information content (AvgIpc) is 3.60. The van der Waals surface area contributed by atoms with E-state index in [-0.39, 0.29) is 7.53 Å². The molecule has 5 rings (SSSR count). The lowest BCUT2D eigenvalue weighted by atomic mass is 10.1. The van der Waals surface area contributed by atoms with E-state index in [0.717, 1.165) is 48.0 Å². The van der Waals surface area contributed by atoms with Gasteiger partial charge in [0.05, 0.1) is 14.2 Å². The summed E-state index contributed by atoms with van der Waals surface area (Å²) in [5.74, 6) is 4.00. The van der Waals surface area contributed by atoms with Gasteiger partial charge in [0.2, 0.25) is 0 Å². The van der Waals surface area contributed by atoms with E-state index in [9.17, 15) is 0 Å². The lowest BCUT2D eigenvalue weighted by Crippen LogP contribution is -2.12. The molecule has 10 heteroatoms. The lowest BCUT2D eigenvalue weighted by Gasteiger charge is -2.17. The van der Waals surface area contributed by atoms with Gasteiger partial charge in [-0.05, 0) is 56.4 Å². The van der Waals surface area contributed by atoms with Gasteiger partial charge in [0.25, 0.3) is 0 Å². The Balaban J connectivity index is 0.000000245. The van der Waals surface area contributed by atoms with E-state index >= 15 is 0 Å². The normalized spacial score (nSPS) is 13.2. The molecule has 1 aliphatic heterocycles. The summed E-state index contributed by atoms with van der Waals surface area (Å²) in [7, 11) is 4.97. The minimum atomic E-state index is 0. The third-order valence-electron chi connectivity index (χ3n) is 6.26. The molecule has 37 heavy (non-hydrogen) atoms. The van der Waals surface area contributed by atoms with Crippen molar-refractivity contribution in [1.82, 2.24) is 34.5 Å². The van der Waals surface area contributed by atoms with Crippen LogP contribution >= 0.6 is 0 Å². The zero-order valence-electron chi connectivity index (χ0n) is 22.6. The Morgan fingerprint density at radius 1 is 0.973 bits per heavy atom. The van der Waals surface area contributed by atoms with Gasteiger partial charge in [0, 0.05) is 33.2 Å². The Kier molecular flexibility index (Phi) is 8.17. The Labute approximate surface area is 219 Å². The molecule has 10 nitrogen and oxygen atoms in total. The fourth-order valence-electron chi connectivity index (χ4n) is 4.44. The first kappa shape index (κ1) is 26.3. The highest BCUT2D eigenvalue weighted by Gasteiger charge is 2.24. The number of hydrogen-bond donors (Lipinski definition) is 0. The van der Waals surface area contributed by atoms with Crippen LogP contribution < -0.4 is 9.47 Å². The van der Waals surface area contributed by atoms with Crippen molar-refractivity contribution < 1.29 is 15.6 Å². The van der Waals surface area contributed by atoms with Crippen LogP contribution in [0.1, 0.15) is 50.7 Å². The van der Waals surface area contributed by atoms with E-state index in [1.165, 1.54) is 5.69 Å². The molecular weight excluding hydrogens is 470 g/mol. The maximum Gasteiger partial charge on any atom is 0.189 e. The summed E-state index contributed by atoms with van der Waals surface area (Å²) < 4.78 is 20.4. The SMILES string of the molecule is CO[C@H](c1ncc(C)cn1)C(C)C.COc1cccc(OC)c1-n1c(C)nnc1-c1cc2n(n1)CCC2.[HH]. The van der Waals surface area contributed by atoms with Gasteiger partial charge in [-0.15, -0.1) is 10.2 Å². The summed E-state index contributed by atoms with van der Waals surface area (Å²) in [6.45, 7) is 9.03. The molecule has 0 unspecified atom stereocenters. The van der Waals surface area contributed by atoms with Gasteiger partial charge in [0.15, 0.2) is 11.6 Å². The van der Waals surface area contributed by atoms with Crippen molar-refractivity contribution >= 4 is 0 Å². The number of aromatic nitrogens is 7.